The summed E-state index contributed by atoms with van der Waals surface area (Å²) in [7, 11) is 1.79. The summed E-state index contributed by atoms with van der Waals surface area (Å²) in [5, 5.41) is 7.62. The zero-order chi connectivity index (χ0) is 17.6. The Morgan fingerprint density at radius 2 is 2.16 bits per heavy atom. The third-order valence-corrected chi connectivity index (χ3v) is 4.54. The molecule has 1 aliphatic rings. The zero-order valence-corrected chi connectivity index (χ0v) is 15.4. The minimum Gasteiger partial charge on any atom is -0.369 e. The van der Waals surface area contributed by atoms with Crippen molar-refractivity contribution >= 4 is 23.2 Å². The summed E-state index contributed by atoms with van der Waals surface area (Å²) < 4.78 is 0. The van der Waals surface area contributed by atoms with Crippen molar-refractivity contribution in [3.05, 3.63) is 58.9 Å². The Hall–Kier alpha value is -2.27. The number of benzene rings is 1. The SMILES string of the molecule is CN=C(NCc1cccc(C)n1)NC1CCN(c2cccc(Cl)c2)C1. The zero-order valence-electron chi connectivity index (χ0n) is 14.7. The fourth-order valence-corrected chi connectivity index (χ4v) is 3.23. The molecule has 1 saturated heterocycles. The Kier molecular flexibility index (Phi) is 5.76. The number of anilines is 1. The Balaban J connectivity index is 1.52. The molecule has 0 radical (unpaired) electrons. The number of pyridine rings is 1. The summed E-state index contributed by atoms with van der Waals surface area (Å²) in [5.41, 5.74) is 3.20. The van der Waals surface area contributed by atoms with Gasteiger partial charge in [0, 0.05) is 42.6 Å². The monoisotopic (exact) mass is 357 g/mol. The molecule has 2 aromatic rings. The van der Waals surface area contributed by atoms with E-state index in [9.17, 15) is 0 Å². The van der Waals surface area contributed by atoms with E-state index in [1.165, 1.54) is 5.69 Å². The van der Waals surface area contributed by atoms with Gasteiger partial charge in [0.05, 0.1) is 12.2 Å². The molecule has 1 aliphatic heterocycles. The molecule has 2 heterocycles. The van der Waals surface area contributed by atoms with Gasteiger partial charge in [-0.3, -0.25) is 9.98 Å². The average Bonchev–Trinajstić information content (AvgIpc) is 3.07. The Morgan fingerprint density at radius 1 is 1.32 bits per heavy atom. The van der Waals surface area contributed by atoms with Crippen molar-refractivity contribution in [3.63, 3.8) is 0 Å². The quantitative estimate of drug-likeness (QED) is 0.652. The highest BCUT2D eigenvalue weighted by molar-refractivity contribution is 6.30. The molecule has 3 rings (SSSR count). The van der Waals surface area contributed by atoms with Gasteiger partial charge in [0.15, 0.2) is 5.96 Å². The van der Waals surface area contributed by atoms with Crippen molar-refractivity contribution in [2.24, 2.45) is 4.99 Å². The number of halogens is 1. The van der Waals surface area contributed by atoms with Gasteiger partial charge in [-0.05, 0) is 43.7 Å². The summed E-state index contributed by atoms with van der Waals surface area (Å²) in [6.07, 6.45) is 1.07. The van der Waals surface area contributed by atoms with Gasteiger partial charge in [-0.2, -0.15) is 0 Å². The molecule has 1 unspecified atom stereocenters. The molecule has 2 N–H and O–H groups in total. The molecule has 1 atom stereocenters. The van der Waals surface area contributed by atoms with Crippen LogP contribution in [0.4, 0.5) is 5.69 Å². The number of hydrogen-bond donors (Lipinski definition) is 2. The first-order valence-electron chi connectivity index (χ1n) is 8.54. The number of aromatic nitrogens is 1. The molecular weight excluding hydrogens is 334 g/mol. The summed E-state index contributed by atoms with van der Waals surface area (Å²) in [4.78, 5) is 11.2. The molecule has 5 nitrogen and oxygen atoms in total. The van der Waals surface area contributed by atoms with Gasteiger partial charge in [-0.15, -0.1) is 0 Å². The molecule has 0 bridgehead atoms. The fraction of sp³-hybridized carbons (Fsp3) is 0.368. The van der Waals surface area contributed by atoms with E-state index in [4.69, 9.17) is 11.6 Å². The highest BCUT2D eigenvalue weighted by Gasteiger charge is 2.23. The molecule has 0 spiro atoms. The van der Waals surface area contributed by atoms with Crippen LogP contribution < -0.4 is 15.5 Å². The van der Waals surface area contributed by atoms with Crippen molar-refractivity contribution in [3.8, 4) is 0 Å². The van der Waals surface area contributed by atoms with E-state index in [0.717, 1.165) is 41.9 Å². The van der Waals surface area contributed by atoms with Crippen LogP contribution in [0.25, 0.3) is 0 Å². The molecule has 0 saturated carbocycles. The maximum absolute atomic E-state index is 6.10. The third kappa shape index (κ3) is 4.86. The minimum absolute atomic E-state index is 0.357. The lowest BCUT2D eigenvalue weighted by molar-refractivity contribution is 0.647. The van der Waals surface area contributed by atoms with Crippen LogP contribution in [0.3, 0.4) is 0 Å². The molecule has 6 heteroatoms. The van der Waals surface area contributed by atoms with Crippen LogP contribution in [-0.2, 0) is 6.54 Å². The molecule has 1 aromatic carbocycles. The summed E-state index contributed by atoms with van der Waals surface area (Å²) in [6, 6.07) is 14.4. The third-order valence-electron chi connectivity index (χ3n) is 4.31. The van der Waals surface area contributed by atoms with E-state index in [0.29, 0.717) is 12.6 Å². The maximum atomic E-state index is 6.10. The lowest BCUT2D eigenvalue weighted by atomic mass is 10.2. The largest absolute Gasteiger partial charge is 0.369 e. The van der Waals surface area contributed by atoms with E-state index in [1.54, 1.807) is 7.05 Å². The smallest absolute Gasteiger partial charge is 0.191 e. The predicted molar refractivity (Wildman–Crippen MR) is 104 cm³/mol. The van der Waals surface area contributed by atoms with Gasteiger partial charge >= 0.3 is 0 Å². The first-order chi connectivity index (χ1) is 12.1. The number of guanidine groups is 1. The highest BCUT2D eigenvalue weighted by atomic mass is 35.5. The van der Waals surface area contributed by atoms with Gasteiger partial charge in [0.1, 0.15) is 0 Å². The van der Waals surface area contributed by atoms with Crippen LogP contribution in [0.2, 0.25) is 5.02 Å². The predicted octanol–water partition coefficient (Wildman–Crippen LogP) is 2.99. The molecule has 25 heavy (non-hydrogen) atoms. The van der Waals surface area contributed by atoms with Crippen LogP contribution in [0, 0.1) is 6.92 Å². The number of nitrogens with zero attached hydrogens (tertiary/aromatic N) is 3. The molecule has 1 fully saturated rings. The van der Waals surface area contributed by atoms with E-state index >= 15 is 0 Å². The second-order valence-corrected chi connectivity index (χ2v) is 6.69. The van der Waals surface area contributed by atoms with Gasteiger partial charge in [0.25, 0.3) is 0 Å². The topological polar surface area (TPSA) is 52.6 Å². The van der Waals surface area contributed by atoms with Crippen LogP contribution in [0.1, 0.15) is 17.8 Å². The van der Waals surface area contributed by atoms with Crippen molar-refractivity contribution in [2.45, 2.75) is 25.9 Å². The van der Waals surface area contributed by atoms with E-state index < -0.39 is 0 Å². The molecule has 132 valence electrons. The van der Waals surface area contributed by atoms with Crippen LogP contribution in [0.15, 0.2) is 47.5 Å². The second-order valence-electron chi connectivity index (χ2n) is 6.25. The van der Waals surface area contributed by atoms with E-state index in [2.05, 4.69) is 31.6 Å². The molecule has 0 amide bonds. The van der Waals surface area contributed by atoms with Gasteiger partial charge in [-0.25, -0.2) is 0 Å². The second kappa shape index (κ2) is 8.21. The fourth-order valence-electron chi connectivity index (χ4n) is 3.05. The number of aryl methyl sites for hydroxylation is 1. The van der Waals surface area contributed by atoms with Gasteiger partial charge < -0.3 is 15.5 Å². The first-order valence-corrected chi connectivity index (χ1v) is 8.92. The van der Waals surface area contributed by atoms with Crippen molar-refractivity contribution in [1.29, 1.82) is 0 Å². The van der Waals surface area contributed by atoms with Crippen molar-refractivity contribution in [1.82, 2.24) is 15.6 Å². The van der Waals surface area contributed by atoms with Gasteiger partial charge in [0.2, 0.25) is 0 Å². The summed E-state index contributed by atoms with van der Waals surface area (Å²) >= 11 is 6.10. The summed E-state index contributed by atoms with van der Waals surface area (Å²) in [6.45, 7) is 4.60. The maximum Gasteiger partial charge on any atom is 0.191 e. The normalized spacial score (nSPS) is 17.6. The number of aliphatic imine (C=N–C) groups is 1. The lowest BCUT2D eigenvalue weighted by Gasteiger charge is -2.20. The van der Waals surface area contributed by atoms with Crippen molar-refractivity contribution < 1.29 is 0 Å². The average molecular weight is 358 g/mol. The van der Waals surface area contributed by atoms with Crippen LogP contribution >= 0.6 is 11.6 Å². The number of nitrogens with one attached hydrogen (secondary N) is 2. The van der Waals surface area contributed by atoms with E-state index in [-0.39, 0.29) is 0 Å². The van der Waals surface area contributed by atoms with Gasteiger partial charge in [-0.1, -0.05) is 23.7 Å². The molecule has 1 aromatic heterocycles. The number of hydrogen-bond acceptors (Lipinski definition) is 3. The highest BCUT2D eigenvalue weighted by Crippen LogP contribution is 2.23. The molecular formula is C19H24ClN5. The van der Waals surface area contributed by atoms with Crippen LogP contribution in [0.5, 0.6) is 0 Å². The number of rotatable bonds is 4. The Labute approximate surface area is 154 Å². The Morgan fingerprint density at radius 3 is 2.92 bits per heavy atom. The lowest BCUT2D eigenvalue weighted by Crippen LogP contribution is -2.44. The molecule has 0 aliphatic carbocycles. The van der Waals surface area contributed by atoms with E-state index in [1.807, 2.05) is 43.3 Å². The van der Waals surface area contributed by atoms with Crippen LogP contribution in [-0.4, -0.2) is 37.1 Å². The minimum atomic E-state index is 0.357. The Bertz CT molecular complexity index is 746. The first kappa shape index (κ1) is 17.5. The standard InChI is InChI=1S/C19H24ClN5/c1-14-5-3-7-16(23-14)12-22-19(21-2)24-17-9-10-25(13-17)18-8-4-6-15(20)11-18/h3-8,11,17H,9-10,12-13H2,1-2H3,(H2,21,22,24). The van der Waals surface area contributed by atoms with Crippen molar-refractivity contribution in [2.75, 3.05) is 25.0 Å². The summed E-state index contributed by atoms with van der Waals surface area (Å²) in [5.74, 6) is 0.807.